The monoisotopic (exact) mass is 266 g/mol. The average molecular weight is 266 g/mol. The molecule has 2 unspecified atom stereocenters. The van der Waals surface area contributed by atoms with Gasteiger partial charge in [-0.05, 0) is 12.8 Å². The summed E-state index contributed by atoms with van der Waals surface area (Å²) in [5.41, 5.74) is 0.675. The third-order valence-corrected chi connectivity index (χ3v) is 3.67. The van der Waals surface area contributed by atoms with E-state index in [1.807, 2.05) is 0 Å². The molecule has 6 heteroatoms. The van der Waals surface area contributed by atoms with Crippen LogP contribution in [0.1, 0.15) is 32.1 Å². The van der Waals surface area contributed by atoms with E-state index in [1.54, 1.807) is 24.1 Å². The molecule has 0 spiro atoms. The molecule has 0 radical (unpaired) electrons. The van der Waals surface area contributed by atoms with E-state index in [9.17, 15) is 9.90 Å². The highest BCUT2D eigenvalue weighted by molar-refractivity contribution is 5.89. The van der Waals surface area contributed by atoms with Gasteiger partial charge in [0.15, 0.2) is 0 Å². The highest BCUT2D eigenvalue weighted by atomic mass is 16.3. The Balaban J connectivity index is 1.89. The average Bonchev–Trinajstić information content (AvgIpc) is 2.65. The highest BCUT2D eigenvalue weighted by Crippen LogP contribution is 2.23. The Hall–Kier alpha value is -1.56. The number of aryl methyl sites for hydroxylation is 1. The molecule has 0 aromatic carbocycles. The van der Waals surface area contributed by atoms with Crippen LogP contribution >= 0.6 is 0 Å². The third-order valence-electron chi connectivity index (χ3n) is 3.67. The van der Waals surface area contributed by atoms with Crippen molar-refractivity contribution in [1.29, 1.82) is 0 Å². The number of carbonyl (C=O) groups is 1. The van der Waals surface area contributed by atoms with Gasteiger partial charge in [0.2, 0.25) is 0 Å². The van der Waals surface area contributed by atoms with Gasteiger partial charge in [0.05, 0.1) is 11.9 Å². The first-order chi connectivity index (χ1) is 9.19. The number of urea groups is 1. The summed E-state index contributed by atoms with van der Waals surface area (Å²) in [7, 11) is 1.80. The molecule has 1 heterocycles. The minimum atomic E-state index is -0.224. The largest absolute Gasteiger partial charge is 0.396 e. The van der Waals surface area contributed by atoms with Crippen molar-refractivity contribution in [3.63, 3.8) is 0 Å². The highest BCUT2D eigenvalue weighted by Gasteiger charge is 2.24. The van der Waals surface area contributed by atoms with Crippen molar-refractivity contribution < 1.29 is 9.90 Å². The van der Waals surface area contributed by atoms with Crippen LogP contribution in [0.25, 0.3) is 0 Å². The molecule has 19 heavy (non-hydrogen) atoms. The van der Waals surface area contributed by atoms with E-state index in [0.717, 1.165) is 25.7 Å². The Kier molecular flexibility index (Phi) is 4.79. The summed E-state index contributed by atoms with van der Waals surface area (Å²) in [5.74, 6) is 0.169. The molecule has 1 aliphatic carbocycles. The van der Waals surface area contributed by atoms with Crippen molar-refractivity contribution in [2.75, 3.05) is 11.9 Å². The molecule has 0 bridgehead atoms. The van der Waals surface area contributed by atoms with Crippen molar-refractivity contribution in [2.45, 2.75) is 38.1 Å². The summed E-state index contributed by atoms with van der Waals surface area (Å²) in [5, 5.41) is 19.1. The van der Waals surface area contributed by atoms with Gasteiger partial charge in [0.1, 0.15) is 0 Å². The Bertz CT molecular complexity index is 419. The SMILES string of the molecule is Cn1cc(NC(=O)NC2CCCCCC2CO)cn1. The van der Waals surface area contributed by atoms with Crippen LogP contribution in [-0.2, 0) is 7.05 Å². The van der Waals surface area contributed by atoms with Gasteiger partial charge in [0, 0.05) is 31.8 Å². The number of aromatic nitrogens is 2. The normalized spacial score (nSPS) is 23.7. The summed E-state index contributed by atoms with van der Waals surface area (Å²) < 4.78 is 1.64. The van der Waals surface area contributed by atoms with Gasteiger partial charge in [-0.1, -0.05) is 19.3 Å². The lowest BCUT2D eigenvalue weighted by Crippen LogP contribution is -2.43. The number of aliphatic hydroxyl groups is 1. The van der Waals surface area contributed by atoms with Crippen molar-refractivity contribution in [3.8, 4) is 0 Å². The van der Waals surface area contributed by atoms with E-state index >= 15 is 0 Å². The number of hydrogen-bond donors (Lipinski definition) is 3. The lowest BCUT2D eigenvalue weighted by atomic mass is 9.96. The lowest BCUT2D eigenvalue weighted by Gasteiger charge is -2.24. The smallest absolute Gasteiger partial charge is 0.319 e. The molecule has 1 aromatic heterocycles. The minimum absolute atomic E-state index is 0.0594. The Labute approximate surface area is 113 Å². The van der Waals surface area contributed by atoms with Crippen LogP contribution in [0, 0.1) is 5.92 Å². The zero-order valence-corrected chi connectivity index (χ0v) is 11.3. The maximum atomic E-state index is 11.9. The van der Waals surface area contributed by atoms with Crippen molar-refractivity contribution >= 4 is 11.7 Å². The molecular weight excluding hydrogens is 244 g/mol. The van der Waals surface area contributed by atoms with E-state index in [-0.39, 0.29) is 24.6 Å². The summed E-state index contributed by atoms with van der Waals surface area (Å²) >= 11 is 0. The predicted octanol–water partition coefficient (Wildman–Crippen LogP) is 1.48. The van der Waals surface area contributed by atoms with E-state index in [1.165, 1.54) is 6.42 Å². The van der Waals surface area contributed by atoms with Crippen LogP contribution in [0.3, 0.4) is 0 Å². The number of rotatable bonds is 3. The zero-order valence-electron chi connectivity index (χ0n) is 11.3. The van der Waals surface area contributed by atoms with Gasteiger partial charge in [-0.25, -0.2) is 4.79 Å². The quantitative estimate of drug-likeness (QED) is 0.725. The number of carbonyl (C=O) groups excluding carboxylic acids is 1. The van der Waals surface area contributed by atoms with Crippen LogP contribution in [0.4, 0.5) is 10.5 Å². The Morgan fingerprint density at radius 2 is 2.26 bits per heavy atom. The second-order valence-corrected chi connectivity index (χ2v) is 5.19. The Morgan fingerprint density at radius 1 is 1.47 bits per heavy atom. The first-order valence-electron chi connectivity index (χ1n) is 6.86. The van der Waals surface area contributed by atoms with Crippen molar-refractivity contribution in [2.24, 2.45) is 13.0 Å². The van der Waals surface area contributed by atoms with Gasteiger partial charge >= 0.3 is 6.03 Å². The molecule has 106 valence electrons. The number of nitrogens with one attached hydrogen (secondary N) is 2. The molecule has 3 N–H and O–H groups in total. The van der Waals surface area contributed by atoms with Crippen molar-refractivity contribution in [1.82, 2.24) is 15.1 Å². The second-order valence-electron chi connectivity index (χ2n) is 5.19. The van der Waals surface area contributed by atoms with Crippen LogP contribution in [0.15, 0.2) is 12.4 Å². The molecule has 2 atom stereocenters. The molecular formula is C13H22N4O2. The number of aliphatic hydroxyl groups excluding tert-OH is 1. The third kappa shape index (κ3) is 3.96. The first kappa shape index (κ1) is 13.9. The Morgan fingerprint density at radius 3 is 2.95 bits per heavy atom. The van der Waals surface area contributed by atoms with E-state index < -0.39 is 0 Å². The van der Waals surface area contributed by atoms with Crippen LogP contribution in [0.5, 0.6) is 0 Å². The molecule has 1 fully saturated rings. The van der Waals surface area contributed by atoms with Crippen LogP contribution < -0.4 is 10.6 Å². The van der Waals surface area contributed by atoms with Crippen LogP contribution in [0.2, 0.25) is 0 Å². The summed E-state index contributed by atoms with van der Waals surface area (Å²) in [6.45, 7) is 0.137. The topological polar surface area (TPSA) is 79.2 Å². The van der Waals surface area contributed by atoms with Gasteiger partial charge in [-0.2, -0.15) is 5.10 Å². The predicted molar refractivity (Wildman–Crippen MR) is 72.8 cm³/mol. The second kappa shape index (κ2) is 6.56. The molecule has 1 aliphatic rings. The van der Waals surface area contributed by atoms with E-state index in [4.69, 9.17) is 0 Å². The minimum Gasteiger partial charge on any atom is -0.396 e. The summed E-state index contributed by atoms with van der Waals surface area (Å²) in [6.07, 6.45) is 8.69. The standard InChI is InChI=1S/C13H22N4O2/c1-17-8-11(7-14-17)15-13(19)16-12-6-4-2-3-5-10(12)9-18/h7-8,10,12,18H,2-6,9H2,1H3,(H2,15,16,19). The van der Waals surface area contributed by atoms with E-state index in [0.29, 0.717) is 5.69 Å². The molecule has 0 aliphatic heterocycles. The number of nitrogens with zero attached hydrogens (tertiary/aromatic N) is 2. The molecule has 2 rings (SSSR count). The number of amides is 2. The number of hydrogen-bond acceptors (Lipinski definition) is 3. The number of anilines is 1. The van der Waals surface area contributed by atoms with Gasteiger partial charge in [-0.3, -0.25) is 4.68 Å². The molecule has 2 amide bonds. The first-order valence-corrected chi connectivity index (χ1v) is 6.86. The van der Waals surface area contributed by atoms with E-state index in [2.05, 4.69) is 15.7 Å². The van der Waals surface area contributed by atoms with Gasteiger partial charge in [0.25, 0.3) is 0 Å². The molecule has 1 saturated carbocycles. The maximum absolute atomic E-state index is 11.9. The zero-order chi connectivity index (χ0) is 13.7. The fourth-order valence-electron chi connectivity index (χ4n) is 2.61. The van der Waals surface area contributed by atoms with Gasteiger partial charge < -0.3 is 15.7 Å². The summed E-state index contributed by atoms with van der Waals surface area (Å²) in [6, 6.07) is -0.164. The molecule has 6 nitrogen and oxygen atoms in total. The fourth-order valence-corrected chi connectivity index (χ4v) is 2.61. The van der Waals surface area contributed by atoms with Crippen LogP contribution in [-0.4, -0.2) is 33.6 Å². The fraction of sp³-hybridized carbons (Fsp3) is 0.692. The molecule has 1 aromatic rings. The molecule has 0 saturated heterocycles. The summed E-state index contributed by atoms with van der Waals surface area (Å²) in [4.78, 5) is 11.9. The maximum Gasteiger partial charge on any atom is 0.319 e. The lowest BCUT2D eigenvalue weighted by molar-refractivity contribution is 0.182. The van der Waals surface area contributed by atoms with Gasteiger partial charge in [-0.15, -0.1) is 0 Å². The van der Waals surface area contributed by atoms with Crippen molar-refractivity contribution in [3.05, 3.63) is 12.4 Å².